The molecule has 0 amide bonds. The highest BCUT2D eigenvalue weighted by atomic mass is 32.2. The van der Waals surface area contributed by atoms with Crippen LogP contribution in [0.4, 0.5) is 0 Å². The van der Waals surface area contributed by atoms with Crippen molar-refractivity contribution in [3.63, 3.8) is 0 Å². The first kappa shape index (κ1) is 24.2. The van der Waals surface area contributed by atoms with Gasteiger partial charge in [0.05, 0.1) is 13.7 Å². The minimum Gasteiger partial charge on any atom is -0.496 e. The molecule has 7 nitrogen and oxygen atoms in total. The third-order valence-electron chi connectivity index (χ3n) is 5.60. The number of sulfonamides is 1. The molecule has 0 aromatic heterocycles. The molecule has 0 saturated heterocycles. The molecule has 1 N–H and O–H groups in total. The van der Waals surface area contributed by atoms with Crippen LogP contribution in [-0.2, 0) is 22.9 Å². The number of hydrogen-bond acceptors (Lipinski definition) is 6. The van der Waals surface area contributed by atoms with E-state index in [1.807, 2.05) is 18.2 Å². The lowest BCUT2D eigenvalue weighted by atomic mass is 10.0. The Morgan fingerprint density at radius 3 is 2.69 bits per heavy atom. The van der Waals surface area contributed by atoms with Gasteiger partial charge < -0.3 is 14.8 Å². The first-order valence-electron chi connectivity index (χ1n) is 10.9. The predicted octanol–water partition coefficient (Wildman–Crippen LogP) is 3.07. The number of methoxy groups -OCH3 is 1. The van der Waals surface area contributed by atoms with E-state index in [2.05, 4.69) is 11.4 Å². The van der Waals surface area contributed by atoms with Gasteiger partial charge in [0.1, 0.15) is 16.4 Å². The van der Waals surface area contributed by atoms with Crippen molar-refractivity contribution in [2.45, 2.75) is 37.0 Å². The molecule has 0 bridgehead atoms. The second kappa shape index (κ2) is 10.9. The maximum Gasteiger partial charge on any atom is 0.246 e. The summed E-state index contributed by atoms with van der Waals surface area (Å²) in [7, 11) is 0.949. The van der Waals surface area contributed by atoms with Gasteiger partial charge in [-0.1, -0.05) is 18.2 Å². The van der Waals surface area contributed by atoms with E-state index in [0.717, 1.165) is 48.0 Å². The highest BCUT2D eigenvalue weighted by molar-refractivity contribution is 7.89. The molecule has 0 aliphatic carbocycles. The number of nitrogens with one attached hydrogen (secondary N) is 1. The minimum atomic E-state index is -3.68. The Balaban J connectivity index is 1.49. The van der Waals surface area contributed by atoms with Crippen molar-refractivity contribution >= 4 is 15.8 Å². The van der Waals surface area contributed by atoms with Crippen LogP contribution in [0.5, 0.6) is 11.5 Å². The van der Waals surface area contributed by atoms with Gasteiger partial charge in [-0.15, -0.1) is 0 Å². The van der Waals surface area contributed by atoms with Gasteiger partial charge in [-0.2, -0.15) is 0 Å². The molecule has 8 heteroatoms. The van der Waals surface area contributed by atoms with Crippen LogP contribution >= 0.6 is 0 Å². The molecule has 0 radical (unpaired) electrons. The summed E-state index contributed by atoms with van der Waals surface area (Å²) in [5.74, 6) is 1.24. The van der Waals surface area contributed by atoms with Crippen molar-refractivity contribution in [1.29, 1.82) is 0 Å². The van der Waals surface area contributed by atoms with E-state index in [1.54, 1.807) is 13.2 Å². The Kier molecular flexibility index (Phi) is 8.28. The fraction of sp³-hybridized carbons (Fsp3) is 0.458. The number of unbranched alkanes of at least 4 members (excludes halogenated alkanes) is 1. The van der Waals surface area contributed by atoms with Crippen molar-refractivity contribution in [3.05, 3.63) is 53.1 Å². The second-order valence-corrected chi connectivity index (χ2v) is 10.2. The molecule has 1 aliphatic heterocycles. The highest BCUT2D eigenvalue weighted by Gasteiger charge is 2.29. The number of benzene rings is 2. The van der Waals surface area contributed by atoms with E-state index in [4.69, 9.17) is 9.47 Å². The molecule has 0 spiro atoms. The van der Waals surface area contributed by atoms with E-state index in [9.17, 15) is 13.2 Å². The zero-order valence-electron chi connectivity index (χ0n) is 19.0. The standard InChI is InChI=1S/C24H32N2O5S/c1-26(2)32(28,29)23-17-20(16-19-12-15-31-24(19)23)21(27)9-6-7-13-25-14-11-18-8-4-5-10-22(18)30-3/h4-5,8,10,16-17,25H,6-7,9,11-15H2,1-3H3. The van der Waals surface area contributed by atoms with Crippen LogP contribution in [0.1, 0.15) is 40.7 Å². The largest absolute Gasteiger partial charge is 0.496 e. The van der Waals surface area contributed by atoms with Crippen molar-refractivity contribution in [2.75, 3.05) is 40.9 Å². The van der Waals surface area contributed by atoms with Crippen molar-refractivity contribution in [3.8, 4) is 11.5 Å². The number of para-hydroxylation sites is 1. The molecule has 0 fully saturated rings. The Labute approximate surface area is 190 Å². The first-order valence-corrected chi connectivity index (χ1v) is 12.4. The van der Waals surface area contributed by atoms with Crippen molar-refractivity contribution in [2.24, 2.45) is 0 Å². The number of nitrogens with zero attached hydrogens (tertiary/aromatic N) is 1. The summed E-state index contributed by atoms with van der Waals surface area (Å²) in [6.45, 7) is 2.09. The van der Waals surface area contributed by atoms with Gasteiger partial charge in [-0.25, -0.2) is 12.7 Å². The minimum absolute atomic E-state index is 0.0380. The van der Waals surface area contributed by atoms with Gasteiger partial charge in [0.15, 0.2) is 5.78 Å². The average Bonchev–Trinajstić information content (AvgIpc) is 3.26. The van der Waals surface area contributed by atoms with Gasteiger partial charge in [-0.3, -0.25) is 4.79 Å². The molecule has 32 heavy (non-hydrogen) atoms. The van der Waals surface area contributed by atoms with E-state index < -0.39 is 10.0 Å². The van der Waals surface area contributed by atoms with Gasteiger partial charge in [0.2, 0.25) is 10.0 Å². The van der Waals surface area contributed by atoms with Gasteiger partial charge in [0.25, 0.3) is 0 Å². The van der Waals surface area contributed by atoms with E-state index in [-0.39, 0.29) is 10.7 Å². The van der Waals surface area contributed by atoms with Crippen LogP contribution in [0.3, 0.4) is 0 Å². The molecule has 0 saturated carbocycles. The summed E-state index contributed by atoms with van der Waals surface area (Å²) in [4.78, 5) is 12.8. The summed E-state index contributed by atoms with van der Waals surface area (Å²) in [5, 5.41) is 3.41. The number of rotatable bonds is 12. The van der Waals surface area contributed by atoms with Crippen LogP contribution in [0.15, 0.2) is 41.3 Å². The van der Waals surface area contributed by atoms with Gasteiger partial charge >= 0.3 is 0 Å². The monoisotopic (exact) mass is 460 g/mol. The lowest BCUT2D eigenvalue weighted by Gasteiger charge is -2.15. The lowest BCUT2D eigenvalue weighted by Crippen LogP contribution is -2.23. The predicted molar refractivity (Wildman–Crippen MR) is 124 cm³/mol. The fourth-order valence-electron chi connectivity index (χ4n) is 3.76. The van der Waals surface area contributed by atoms with Gasteiger partial charge in [-0.05, 0) is 61.7 Å². The third-order valence-corrected chi connectivity index (χ3v) is 7.42. The number of carbonyl (C=O) groups is 1. The molecule has 2 aromatic carbocycles. The molecular formula is C24H32N2O5S. The quantitative estimate of drug-likeness (QED) is 0.387. The fourth-order valence-corrected chi connectivity index (χ4v) is 4.85. The molecular weight excluding hydrogens is 428 g/mol. The Hall–Kier alpha value is -2.42. The first-order chi connectivity index (χ1) is 15.3. The molecule has 1 heterocycles. The van der Waals surface area contributed by atoms with Crippen molar-refractivity contribution < 1.29 is 22.7 Å². The second-order valence-electron chi connectivity index (χ2n) is 8.04. The third kappa shape index (κ3) is 5.68. The zero-order valence-corrected chi connectivity index (χ0v) is 19.8. The number of ketones is 1. The lowest BCUT2D eigenvalue weighted by molar-refractivity contribution is 0.0979. The number of fused-ring (bicyclic) bond motifs is 1. The normalized spacial score (nSPS) is 13.1. The topological polar surface area (TPSA) is 84.9 Å². The van der Waals surface area contributed by atoms with E-state index in [0.29, 0.717) is 30.8 Å². The Morgan fingerprint density at radius 2 is 1.94 bits per heavy atom. The Bertz CT molecular complexity index is 1050. The maximum absolute atomic E-state index is 12.8. The number of ether oxygens (including phenoxy) is 2. The summed E-state index contributed by atoms with van der Waals surface area (Å²) in [6.07, 6.45) is 3.49. The summed E-state index contributed by atoms with van der Waals surface area (Å²) < 4.78 is 37.4. The molecule has 0 atom stereocenters. The molecule has 174 valence electrons. The smallest absolute Gasteiger partial charge is 0.246 e. The van der Waals surface area contributed by atoms with E-state index in [1.165, 1.54) is 25.7 Å². The summed E-state index contributed by atoms with van der Waals surface area (Å²) in [5.41, 5.74) is 2.40. The van der Waals surface area contributed by atoms with Crippen LogP contribution in [0, 0.1) is 0 Å². The summed E-state index contributed by atoms with van der Waals surface area (Å²) >= 11 is 0. The zero-order chi connectivity index (χ0) is 23.1. The van der Waals surface area contributed by atoms with E-state index >= 15 is 0 Å². The van der Waals surface area contributed by atoms with Crippen LogP contribution in [0.2, 0.25) is 0 Å². The number of Topliss-reactive ketones (excluding diaryl/α,β-unsaturated/α-hetero) is 1. The van der Waals surface area contributed by atoms with Crippen LogP contribution in [0.25, 0.3) is 0 Å². The average molecular weight is 461 g/mol. The van der Waals surface area contributed by atoms with Gasteiger partial charge in [0, 0.05) is 32.5 Å². The Morgan fingerprint density at radius 1 is 1.16 bits per heavy atom. The van der Waals surface area contributed by atoms with Crippen molar-refractivity contribution in [1.82, 2.24) is 9.62 Å². The highest BCUT2D eigenvalue weighted by Crippen LogP contribution is 2.35. The molecule has 2 aromatic rings. The van der Waals surface area contributed by atoms with Crippen LogP contribution in [-0.4, -0.2) is 59.4 Å². The molecule has 3 rings (SSSR count). The van der Waals surface area contributed by atoms with Crippen LogP contribution < -0.4 is 14.8 Å². The maximum atomic E-state index is 12.8. The summed E-state index contributed by atoms with van der Waals surface area (Å²) in [6, 6.07) is 11.2. The molecule has 0 unspecified atom stereocenters. The number of hydrogen-bond donors (Lipinski definition) is 1. The SMILES string of the molecule is COc1ccccc1CCNCCCCC(=O)c1cc2c(c(S(=O)(=O)N(C)C)c1)OCC2. The number of carbonyl (C=O) groups excluding carboxylic acids is 1. The molecule has 1 aliphatic rings.